The van der Waals surface area contributed by atoms with Crippen LogP contribution in [0.4, 0.5) is 5.69 Å². The SMILES string of the molecule is COC[C@H](C)n1c(C)cc(C(=O)COC(=O)c2ccc([N+](=O)[O-])cc2Cl)c1C. The topological polar surface area (TPSA) is 101 Å². The molecule has 0 aliphatic rings. The van der Waals surface area contributed by atoms with Crippen LogP contribution in [0.2, 0.25) is 5.02 Å². The first-order valence-electron chi connectivity index (χ1n) is 8.49. The summed E-state index contributed by atoms with van der Waals surface area (Å²) in [6.45, 7) is 5.72. The number of hydrogen-bond acceptors (Lipinski definition) is 6. The summed E-state index contributed by atoms with van der Waals surface area (Å²) in [5.74, 6) is -1.18. The third-order valence-corrected chi connectivity index (χ3v) is 4.66. The van der Waals surface area contributed by atoms with Crippen LogP contribution in [0.3, 0.4) is 0 Å². The number of non-ortho nitro benzene ring substituents is 1. The first-order valence-corrected chi connectivity index (χ1v) is 8.86. The van der Waals surface area contributed by atoms with E-state index in [9.17, 15) is 19.7 Å². The lowest BCUT2D eigenvalue weighted by molar-refractivity contribution is -0.384. The average molecular weight is 409 g/mol. The lowest BCUT2D eigenvalue weighted by atomic mass is 10.1. The van der Waals surface area contributed by atoms with Crippen molar-refractivity contribution in [1.82, 2.24) is 4.57 Å². The van der Waals surface area contributed by atoms with Crippen molar-refractivity contribution in [3.05, 3.63) is 61.9 Å². The smallest absolute Gasteiger partial charge is 0.340 e. The van der Waals surface area contributed by atoms with Gasteiger partial charge in [-0.3, -0.25) is 14.9 Å². The van der Waals surface area contributed by atoms with Gasteiger partial charge >= 0.3 is 5.97 Å². The number of aryl methyl sites for hydroxylation is 1. The second-order valence-corrected chi connectivity index (χ2v) is 6.79. The molecule has 1 atom stereocenters. The lowest BCUT2D eigenvalue weighted by Crippen LogP contribution is -2.17. The second-order valence-electron chi connectivity index (χ2n) is 6.38. The number of nitrogens with zero attached hydrogens (tertiary/aromatic N) is 2. The number of nitro benzene ring substituents is 1. The monoisotopic (exact) mass is 408 g/mol. The maximum Gasteiger partial charge on any atom is 0.340 e. The van der Waals surface area contributed by atoms with Gasteiger partial charge in [-0.25, -0.2) is 4.79 Å². The van der Waals surface area contributed by atoms with Crippen LogP contribution in [0.1, 0.15) is 45.1 Å². The van der Waals surface area contributed by atoms with Crippen LogP contribution >= 0.6 is 11.6 Å². The molecule has 1 heterocycles. The van der Waals surface area contributed by atoms with E-state index >= 15 is 0 Å². The molecular weight excluding hydrogens is 388 g/mol. The Morgan fingerprint density at radius 3 is 2.50 bits per heavy atom. The van der Waals surface area contributed by atoms with Crippen LogP contribution < -0.4 is 0 Å². The summed E-state index contributed by atoms with van der Waals surface area (Å²) in [6, 6.07) is 5.20. The summed E-state index contributed by atoms with van der Waals surface area (Å²) in [7, 11) is 1.61. The summed E-state index contributed by atoms with van der Waals surface area (Å²) >= 11 is 5.91. The van der Waals surface area contributed by atoms with Gasteiger partial charge in [-0.2, -0.15) is 0 Å². The molecule has 150 valence electrons. The quantitative estimate of drug-likeness (QED) is 0.284. The fourth-order valence-corrected chi connectivity index (χ4v) is 3.38. The summed E-state index contributed by atoms with van der Waals surface area (Å²) < 4.78 is 12.2. The van der Waals surface area contributed by atoms with Gasteiger partial charge in [0.2, 0.25) is 5.78 Å². The van der Waals surface area contributed by atoms with Gasteiger partial charge in [0.25, 0.3) is 5.69 Å². The van der Waals surface area contributed by atoms with Crippen molar-refractivity contribution in [1.29, 1.82) is 0 Å². The van der Waals surface area contributed by atoms with Crippen molar-refractivity contribution in [2.24, 2.45) is 0 Å². The van der Waals surface area contributed by atoms with E-state index in [4.69, 9.17) is 21.1 Å². The zero-order valence-electron chi connectivity index (χ0n) is 16.0. The number of hydrogen-bond donors (Lipinski definition) is 0. The summed E-state index contributed by atoms with van der Waals surface area (Å²) in [5, 5.41) is 10.6. The molecule has 0 unspecified atom stereocenters. The minimum Gasteiger partial charge on any atom is -0.454 e. The average Bonchev–Trinajstić information content (AvgIpc) is 2.93. The minimum atomic E-state index is -0.824. The van der Waals surface area contributed by atoms with Crippen molar-refractivity contribution in [2.75, 3.05) is 20.3 Å². The van der Waals surface area contributed by atoms with Gasteiger partial charge in [0.1, 0.15) is 0 Å². The predicted molar refractivity (Wildman–Crippen MR) is 103 cm³/mol. The Morgan fingerprint density at radius 1 is 1.25 bits per heavy atom. The third kappa shape index (κ3) is 4.58. The maximum absolute atomic E-state index is 12.5. The largest absolute Gasteiger partial charge is 0.454 e. The highest BCUT2D eigenvalue weighted by Gasteiger charge is 2.21. The highest BCUT2D eigenvalue weighted by molar-refractivity contribution is 6.33. The van der Waals surface area contributed by atoms with Crippen LogP contribution in [-0.2, 0) is 9.47 Å². The number of rotatable bonds is 8. The molecule has 9 heteroatoms. The van der Waals surface area contributed by atoms with Gasteiger partial charge in [-0.1, -0.05) is 11.6 Å². The maximum atomic E-state index is 12.5. The number of ketones is 1. The Hall–Kier alpha value is -2.71. The number of nitro groups is 1. The highest BCUT2D eigenvalue weighted by atomic mass is 35.5. The molecule has 1 aromatic carbocycles. The minimum absolute atomic E-state index is 0.0424. The van der Waals surface area contributed by atoms with Gasteiger partial charge in [-0.05, 0) is 32.9 Å². The molecule has 8 nitrogen and oxygen atoms in total. The van der Waals surface area contributed by atoms with Crippen LogP contribution in [0, 0.1) is 24.0 Å². The summed E-state index contributed by atoms with van der Waals surface area (Å²) in [4.78, 5) is 34.8. The normalized spacial score (nSPS) is 11.9. The van der Waals surface area contributed by atoms with Crippen molar-refractivity contribution < 1.29 is 24.0 Å². The Bertz CT molecular complexity index is 921. The number of methoxy groups -OCH3 is 1. The molecule has 0 aliphatic carbocycles. The fourth-order valence-electron chi connectivity index (χ4n) is 3.12. The Labute approximate surface area is 167 Å². The third-order valence-electron chi connectivity index (χ3n) is 4.35. The Kier molecular flexibility index (Phi) is 6.93. The molecule has 0 saturated heterocycles. The standard InChI is InChI=1S/C19H21ClN2O6/c1-11-7-16(13(3)21(11)12(2)9-27-4)18(23)10-28-19(24)15-6-5-14(22(25)26)8-17(15)20/h5-8,12H,9-10H2,1-4H3/t12-/m0/s1. The molecule has 28 heavy (non-hydrogen) atoms. The molecule has 0 spiro atoms. The van der Waals surface area contributed by atoms with Gasteiger partial charge in [0.15, 0.2) is 6.61 Å². The fraction of sp³-hybridized carbons (Fsp3) is 0.368. The molecule has 0 saturated carbocycles. The van der Waals surface area contributed by atoms with Gasteiger partial charge < -0.3 is 14.0 Å². The molecule has 1 aromatic heterocycles. The van der Waals surface area contributed by atoms with Crippen LogP contribution in [-0.4, -0.2) is 41.6 Å². The van der Waals surface area contributed by atoms with Crippen LogP contribution in [0.5, 0.6) is 0 Å². The molecule has 0 aliphatic heterocycles. The van der Waals surface area contributed by atoms with E-state index in [1.165, 1.54) is 6.07 Å². The van der Waals surface area contributed by atoms with Crippen molar-refractivity contribution in [3.63, 3.8) is 0 Å². The number of Topliss-reactive ketones (excluding diaryl/α,β-unsaturated/α-hetero) is 1. The van der Waals surface area contributed by atoms with Crippen molar-refractivity contribution in [3.8, 4) is 0 Å². The van der Waals surface area contributed by atoms with E-state index in [0.29, 0.717) is 12.2 Å². The van der Waals surface area contributed by atoms with E-state index in [2.05, 4.69) is 0 Å². The first kappa shape index (κ1) is 21.6. The number of halogens is 1. The van der Waals surface area contributed by atoms with E-state index in [-0.39, 0.29) is 28.1 Å². The van der Waals surface area contributed by atoms with Crippen LogP contribution in [0.25, 0.3) is 0 Å². The number of carbonyl (C=O) groups excluding carboxylic acids is 2. The number of benzene rings is 1. The van der Waals surface area contributed by atoms with Gasteiger partial charge in [-0.15, -0.1) is 0 Å². The molecule has 0 radical (unpaired) electrons. The molecule has 0 amide bonds. The number of esters is 1. The Morgan fingerprint density at radius 2 is 1.93 bits per heavy atom. The molecule has 0 N–H and O–H groups in total. The zero-order chi connectivity index (χ0) is 21.0. The predicted octanol–water partition coefficient (Wildman–Crippen LogP) is 3.91. The molecule has 0 bridgehead atoms. The lowest BCUT2D eigenvalue weighted by Gasteiger charge is -2.17. The highest BCUT2D eigenvalue weighted by Crippen LogP contribution is 2.24. The van der Waals surface area contributed by atoms with E-state index in [1.807, 2.05) is 25.3 Å². The number of aromatic nitrogens is 1. The summed E-state index contributed by atoms with van der Waals surface area (Å²) in [5.41, 5.74) is 1.84. The zero-order valence-corrected chi connectivity index (χ0v) is 16.8. The number of carbonyl (C=O) groups is 2. The number of ether oxygens (including phenoxy) is 2. The van der Waals surface area contributed by atoms with Crippen molar-refractivity contribution in [2.45, 2.75) is 26.8 Å². The second kappa shape index (κ2) is 8.99. The van der Waals surface area contributed by atoms with E-state index in [1.54, 1.807) is 13.2 Å². The van der Waals surface area contributed by atoms with Crippen molar-refractivity contribution >= 4 is 29.0 Å². The molecular formula is C19H21ClN2O6. The molecule has 0 fully saturated rings. The van der Waals surface area contributed by atoms with E-state index in [0.717, 1.165) is 23.5 Å². The Balaban J connectivity index is 2.11. The van der Waals surface area contributed by atoms with Crippen LogP contribution in [0.15, 0.2) is 24.3 Å². The van der Waals surface area contributed by atoms with E-state index < -0.39 is 17.5 Å². The van der Waals surface area contributed by atoms with Gasteiger partial charge in [0.05, 0.1) is 28.2 Å². The first-order chi connectivity index (χ1) is 13.2. The van der Waals surface area contributed by atoms with Gasteiger partial charge in [0, 0.05) is 36.2 Å². The molecule has 2 aromatic rings. The molecule has 2 rings (SSSR count). The summed E-state index contributed by atoms with van der Waals surface area (Å²) in [6.07, 6.45) is 0.